The minimum atomic E-state index is -0.228. The van der Waals surface area contributed by atoms with Gasteiger partial charge >= 0.3 is 0 Å². The molecule has 0 radical (unpaired) electrons. The number of hydrogen-bond acceptors (Lipinski definition) is 3. The molecule has 3 N–H and O–H groups in total. The van der Waals surface area contributed by atoms with Gasteiger partial charge in [-0.25, -0.2) is 0 Å². The van der Waals surface area contributed by atoms with Crippen LogP contribution in [-0.4, -0.2) is 38.0 Å². The van der Waals surface area contributed by atoms with E-state index in [2.05, 4.69) is 16.0 Å². The van der Waals surface area contributed by atoms with Crippen molar-refractivity contribution in [1.29, 1.82) is 0 Å². The van der Waals surface area contributed by atoms with Crippen molar-refractivity contribution in [1.82, 2.24) is 16.0 Å². The summed E-state index contributed by atoms with van der Waals surface area (Å²) < 4.78 is 0. The van der Waals surface area contributed by atoms with Crippen LogP contribution in [0.1, 0.15) is 23.2 Å². The van der Waals surface area contributed by atoms with Crippen molar-refractivity contribution in [3.63, 3.8) is 0 Å². The number of hydrogen-bond donors (Lipinski definition) is 3. The van der Waals surface area contributed by atoms with Crippen LogP contribution < -0.4 is 16.0 Å². The monoisotopic (exact) mass is 309 g/mol. The van der Waals surface area contributed by atoms with Gasteiger partial charge in [-0.05, 0) is 31.5 Å². The van der Waals surface area contributed by atoms with E-state index >= 15 is 0 Å². The molecule has 1 atom stereocenters. The number of halogens is 1. The molecule has 1 aliphatic rings. The molecule has 1 aliphatic heterocycles. The second-order valence-electron chi connectivity index (χ2n) is 5.07. The molecular formula is C15H20ClN3O2. The number of carbonyl (C=O) groups excluding carboxylic acids is 2. The Bertz CT molecular complexity index is 501. The first-order valence-corrected chi connectivity index (χ1v) is 7.57. The van der Waals surface area contributed by atoms with Crippen LogP contribution in [-0.2, 0) is 4.79 Å². The Kier molecular flexibility index (Phi) is 6.02. The lowest BCUT2D eigenvalue weighted by Gasteiger charge is -2.21. The van der Waals surface area contributed by atoms with E-state index in [1.807, 2.05) is 0 Å². The van der Waals surface area contributed by atoms with E-state index in [4.69, 9.17) is 11.6 Å². The topological polar surface area (TPSA) is 70.2 Å². The molecule has 1 fully saturated rings. The molecule has 0 spiro atoms. The molecule has 1 aromatic carbocycles. The van der Waals surface area contributed by atoms with Crippen LogP contribution in [0.15, 0.2) is 24.3 Å². The molecule has 114 valence electrons. The number of rotatable bonds is 5. The third-order valence-electron chi connectivity index (χ3n) is 3.50. The fourth-order valence-electron chi connectivity index (χ4n) is 2.32. The Morgan fingerprint density at radius 3 is 2.71 bits per heavy atom. The number of amides is 2. The Hall–Kier alpha value is -1.59. The van der Waals surface area contributed by atoms with Crippen LogP contribution in [0.5, 0.6) is 0 Å². The summed E-state index contributed by atoms with van der Waals surface area (Å²) in [6.07, 6.45) is 1.95. The lowest BCUT2D eigenvalue weighted by atomic mass is 9.99. The molecular weight excluding hydrogens is 290 g/mol. The lowest BCUT2D eigenvalue weighted by molar-refractivity contribution is -0.125. The number of piperidine rings is 1. The van der Waals surface area contributed by atoms with E-state index in [1.54, 1.807) is 24.3 Å². The zero-order valence-corrected chi connectivity index (χ0v) is 12.6. The molecule has 1 aromatic rings. The van der Waals surface area contributed by atoms with Gasteiger partial charge in [0.25, 0.3) is 5.91 Å². The van der Waals surface area contributed by atoms with E-state index in [1.165, 1.54) is 0 Å². The average molecular weight is 310 g/mol. The van der Waals surface area contributed by atoms with E-state index in [0.717, 1.165) is 25.9 Å². The number of benzene rings is 1. The number of nitrogens with one attached hydrogen (secondary N) is 3. The minimum Gasteiger partial charge on any atom is -0.354 e. The summed E-state index contributed by atoms with van der Waals surface area (Å²) in [5.41, 5.74) is 0.446. The zero-order valence-electron chi connectivity index (χ0n) is 11.8. The van der Waals surface area contributed by atoms with Gasteiger partial charge in [0.1, 0.15) is 0 Å². The highest BCUT2D eigenvalue weighted by Gasteiger charge is 2.20. The second kappa shape index (κ2) is 8.00. The normalized spacial score (nSPS) is 18.0. The molecule has 0 saturated carbocycles. The molecule has 2 rings (SSSR count). The highest BCUT2D eigenvalue weighted by atomic mass is 35.5. The van der Waals surface area contributed by atoms with Gasteiger partial charge in [-0.15, -0.1) is 0 Å². The third kappa shape index (κ3) is 4.72. The van der Waals surface area contributed by atoms with Crippen molar-refractivity contribution >= 4 is 23.4 Å². The smallest absolute Gasteiger partial charge is 0.252 e. The molecule has 0 aliphatic carbocycles. The van der Waals surface area contributed by atoms with Crippen LogP contribution >= 0.6 is 11.6 Å². The van der Waals surface area contributed by atoms with Gasteiger partial charge in [0, 0.05) is 19.6 Å². The molecule has 21 heavy (non-hydrogen) atoms. The van der Waals surface area contributed by atoms with Gasteiger partial charge in [-0.2, -0.15) is 0 Å². The molecule has 0 bridgehead atoms. The van der Waals surface area contributed by atoms with Crippen LogP contribution in [0, 0.1) is 5.92 Å². The first kappa shape index (κ1) is 15.8. The zero-order chi connectivity index (χ0) is 15.1. The molecule has 6 heteroatoms. The summed E-state index contributed by atoms with van der Waals surface area (Å²) in [5, 5.41) is 9.22. The predicted molar refractivity (Wildman–Crippen MR) is 82.4 cm³/mol. The van der Waals surface area contributed by atoms with Crippen LogP contribution in [0.4, 0.5) is 0 Å². The molecule has 5 nitrogen and oxygen atoms in total. The van der Waals surface area contributed by atoms with Gasteiger partial charge in [-0.3, -0.25) is 9.59 Å². The Balaban J connectivity index is 1.68. The summed E-state index contributed by atoms with van der Waals surface area (Å²) in [6, 6.07) is 6.88. The summed E-state index contributed by atoms with van der Waals surface area (Å²) in [4.78, 5) is 23.8. The maximum absolute atomic E-state index is 11.9. The molecule has 1 saturated heterocycles. The Morgan fingerprint density at radius 1 is 1.24 bits per heavy atom. The first-order chi connectivity index (χ1) is 10.2. The fourth-order valence-corrected chi connectivity index (χ4v) is 2.54. The molecule has 1 unspecified atom stereocenters. The maximum Gasteiger partial charge on any atom is 0.252 e. The summed E-state index contributed by atoms with van der Waals surface area (Å²) in [5.74, 6) is -0.138. The van der Waals surface area contributed by atoms with Gasteiger partial charge in [-0.1, -0.05) is 23.7 Å². The van der Waals surface area contributed by atoms with Gasteiger partial charge in [0.05, 0.1) is 16.5 Å². The third-order valence-corrected chi connectivity index (χ3v) is 3.83. The summed E-state index contributed by atoms with van der Waals surface area (Å²) in [7, 11) is 0. The standard InChI is InChI=1S/C15H20ClN3O2/c16-13-6-2-1-5-12(13)15(21)19-9-8-18-14(20)11-4-3-7-17-10-11/h1-2,5-6,11,17H,3-4,7-10H2,(H,18,20)(H,19,21). The first-order valence-electron chi connectivity index (χ1n) is 7.19. The van der Waals surface area contributed by atoms with Gasteiger partial charge in [0.15, 0.2) is 0 Å². The van der Waals surface area contributed by atoms with Crippen LogP contribution in [0.2, 0.25) is 5.02 Å². The fraction of sp³-hybridized carbons (Fsp3) is 0.467. The van der Waals surface area contributed by atoms with Crippen LogP contribution in [0.25, 0.3) is 0 Å². The van der Waals surface area contributed by atoms with Crippen molar-refractivity contribution < 1.29 is 9.59 Å². The van der Waals surface area contributed by atoms with Gasteiger partial charge < -0.3 is 16.0 Å². The summed E-state index contributed by atoms with van der Waals surface area (Å²) >= 11 is 5.95. The molecule has 0 aromatic heterocycles. The van der Waals surface area contributed by atoms with Crippen molar-refractivity contribution in [2.45, 2.75) is 12.8 Å². The van der Waals surface area contributed by atoms with Crippen LogP contribution in [0.3, 0.4) is 0 Å². The second-order valence-corrected chi connectivity index (χ2v) is 5.48. The number of carbonyl (C=O) groups is 2. The highest BCUT2D eigenvalue weighted by molar-refractivity contribution is 6.33. The van der Waals surface area contributed by atoms with Crippen molar-refractivity contribution in [2.75, 3.05) is 26.2 Å². The summed E-state index contributed by atoms with van der Waals surface area (Å²) in [6.45, 7) is 2.52. The SMILES string of the molecule is O=C(NCCNC(=O)C1CCCNC1)c1ccccc1Cl. The van der Waals surface area contributed by atoms with Crippen molar-refractivity contribution in [3.05, 3.63) is 34.9 Å². The van der Waals surface area contributed by atoms with E-state index in [0.29, 0.717) is 23.7 Å². The molecule has 1 heterocycles. The quantitative estimate of drug-likeness (QED) is 0.716. The molecule has 2 amide bonds. The van der Waals surface area contributed by atoms with E-state index in [-0.39, 0.29) is 17.7 Å². The largest absolute Gasteiger partial charge is 0.354 e. The Morgan fingerprint density at radius 2 is 2.00 bits per heavy atom. The van der Waals surface area contributed by atoms with Gasteiger partial charge in [0.2, 0.25) is 5.91 Å². The lowest BCUT2D eigenvalue weighted by Crippen LogP contribution is -2.42. The minimum absolute atomic E-state index is 0.0398. The van der Waals surface area contributed by atoms with Crippen molar-refractivity contribution in [2.24, 2.45) is 5.92 Å². The van der Waals surface area contributed by atoms with E-state index < -0.39 is 0 Å². The Labute approximate surface area is 129 Å². The maximum atomic E-state index is 11.9. The highest BCUT2D eigenvalue weighted by Crippen LogP contribution is 2.14. The average Bonchev–Trinajstić information content (AvgIpc) is 2.52. The van der Waals surface area contributed by atoms with Crippen molar-refractivity contribution in [3.8, 4) is 0 Å². The predicted octanol–water partition coefficient (Wildman–Crippen LogP) is 1.19. The van der Waals surface area contributed by atoms with E-state index in [9.17, 15) is 9.59 Å².